The molecule has 0 saturated carbocycles. The van der Waals surface area contributed by atoms with Gasteiger partial charge in [0.25, 0.3) is 0 Å². The van der Waals surface area contributed by atoms with Gasteiger partial charge in [0.15, 0.2) is 0 Å². The summed E-state index contributed by atoms with van der Waals surface area (Å²) in [4.78, 5) is 11.0. The summed E-state index contributed by atoms with van der Waals surface area (Å²) in [5.41, 5.74) is -1.99. The summed E-state index contributed by atoms with van der Waals surface area (Å²) in [6.45, 7) is 4.17. The van der Waals surface area contributed by atoms with Crippen LogP contribution in [0.15, 0.2) is 0 Å². The Bertz CT molecular complexity index is 243. The van der Waals surface area contributed by atoms with Gasteiger partial charge in [-0.15, -0.1) is 0 Å². The molecule has 0 amide bonds. The van der Waals surface area contributed by atoms with Crippen molar-refractivity contribution in [2.24, 2.45) is 0 Å². The number of hydrogen-bond acceptors (Lipinski definition) is 1. The zero-order valence-electron chi connectivity index (χ0n) is 13.4. The van der Waals surface area contributed by atoms with Gasteiger partial charge < -0.3 is 5.11 Å². The van der Waals surface area contributed by atoms with E-state index < -0.39 is 11.6 Å². The Morgan fingerprint density at radius 3 is 1.65 bits per heavy atom. The number of carbonyl (C=O) groups is 1. The summed E-state index contributed by atoms with van der Waals surface area (Å²) >= 11 is 0. The van der Waals surface area contributed by atoms with Crippen molar-refractivity contribution in [2.75, 3.05) is 0 Å². The van der Waals surface area contributed by atoms with Crippen molar-refractivity contribution in [2.45, 2.75) is 103 Å². The van der Waals surface area contributed by atoms with Gasteiger partial charge in [-0.05, 0) is 25.7 Å². The molecule has 0 aromatic rings. The van der Waals surface area contributed by atoms with Gasteiger partial charge in [-0.3, -0.25) is 0 Å². The standard InChI is InChI=1S/C17H33FO2/c1-3-5-7-8-9-10-11-12-13-15-17(18,16(19)20)14-6-4-2/h3-15H2,1-2H3,(H,19,20). The number of carboxylic acids is 1. The second kappa shape index (κ2) is 12.2. The van der Waals surface area contributed by atoms with E-state index in [1.165, 1.54) is 38.5 Å². The minimum Gasteiger partial charge on any atom is -0.479 e. The molecule has 0 radical (unpaired) electrons. The Kier molecular flexibility index (Phi) is 11.8. The average molecular weight is 288 g/mol. The van der Waals surface area contributed by atoms with Crippen LogP contribution in [0, 0.1) is 0 Å². The topological polar surface area (TPSA) is 37.3 Å². The molecule has 0 heterocycles. The fourth-order valence-electron chi connectivity index (χ4n) is 2.51. The lowest BCUT2D eigenvalue weighted by atomic mass is 9.92. The molecule has 0 aliphatic carbocycles. The van der Waals surface area contributed by atoms with E-state index in [0.29, 0.717) is 12.8 Å². The van der Waals surface area contributed by atoms with E-state index in [0.717, 1.165) is 19.3 Å². The number of halogens is 1. The Hall–Kier alpha value is -0.600. The number of hydrogen-bond donors (Lipinski definition) is 1. The highest BCUT2D eigenvalue weighted by Crippen LogP contribution is 2.27. The molecule has 1 N–H and O–H groups in total. The summed E-state index contributed by atoms with van der Waals surface area (Å²) in [5.74, 6) is -1.27. The SMILES string of the molecule is CCCCCCCCCCCC(F)(CCCC)C(=O)O. The van der Waals surface area contributed by atoms with Crippen LogP contribution in [0.1, 0.15) is 97.3 Å². The molecule has 0 saturated heterocycles. The van der Waals surface area contributed by atoms with Crippen LogP contribution in [0.2, 0.25) is 0 Å². The second-order valence-electron chi connectivity index (χ2n) is 5.95. The van der Waals surface area contributed by atoms with Crippen LogP contribution in [0.5, 0.6) is 0 Å². The van der Waals surface area contributed by atoms with Crippen molar-refractivity contribution in [3.05, 3.63) is 0 Å². The molecule has 3 heteroatoms. The van der Waals surface area contributed by atoms with E-state index in [-0.39, 0.29) is 12.8 Å². The molecular weight excluding hydrogens is 255 g/mol. The first-order valence-electron chi connectivity index (χ1n) is 8.49. The zero-order chi connectivity index (χ0) is 15.3. The highest BCUT2D eigenvalue weighted by Gasteiger charge is 2.36. The van der Waals surface area contributed by atoms with Crippen molar-refractivity contribution in [1.82, 2.24) is 0 Å². The molecule has 0 aromatic heterocycles. The molecule has 1 atom stereocenters. The summed E-state index contributed by atoms with van der Waals surface area (Å²) in [5, 5.41) is 9.01. The van der Waals surface area contributed by atoms with Crippen LogP contribution in [0.3, 0.4) is 0 Å². The van der Waals surface area contributed by atoms with Crippen LogP contribution in [0.4, 0.5) is 4.39 Å². The summed E-state index contributed by atoms with van der Waals surface area (Å²) in [7, 11) is 0. The number of carboxylic acid groups (broad SMARTS) is 1. The van der Waals surface area contributed by atoms with Gasteiger partial charge in [-0.25, -0.2) is 9.18 Å². The van der Waals surface area contributed by atoms with E-state index >= 15 is 0 Å². The summed E-state index contributed by atoms with van der Waals surface area (Å²) < 4.78 is 14.2. The zero-order valence-corrected chi connectivity index (χ0v) is 13.4. The maximum Gasteiger partial charge on any atom is 0.341 e. The van der Waals surface area contributed by atoms with E-state index in [9.17, 15) is 9.18 Å². The Morgan fingerprint density at radius 1 is 0.800 bits per heavy atom. The maximum atomic E-state index is 14.2. The van der Waals surface area contributed by atoms with Crippen LogP contribution in [-0.2, 0) is 4.79 Å². The lowest BCUT2D eigenvalue weighted by Gasteiger charge is -2.20. The average Bonchev–Trinajstić information content (AvgIpc) is 2.43. The van der Waals surface area contributed by atoms with Crippen molar-refractivity contribution in [1.29, 1.82) is 0 Å². The number of rotatable bonds is 14. The second-order valence-corrected chi connectivity index (χ2v) is 5.95. The first-order chi connectivity index (χ1) is 9.56. The lowest BCUT2D eigenvalue weighted by molar-refractivity contribution is -0.152. The molecule has 0 aromatic carbocycles. The minimum absolute atomic E-state index is 0.163. The van der Waals surface area contributed by atoms with Gasteiger partial charge in [0.1, 0.15) is 0 Å². The molecule has 1 unspecified atom stereocenters. The molecule has 0 aliphatic heterocycles. The molecule has 0 rings (SSSR count). The predicted molar refractivity (Wildman–Crippen MR) is 82.8 cm³/mol. The maximum absolute atomic E-state index is 14.2. The molecule has 0 aliphatic rings. The van der Waals surface area contributed by atoms with Gasteiger partial charge in [-0.2, -0.15) is 0 Å². The molecule has 2 nitrogen and oxygen atoms in total. The lowest BCUT2D eigenvalue weighted by Crippen LogP contribution is -2.33. The molecule has 20 heavy (non-hydrogen) atoms. The fraction of sp³-hybridized carbons (Fsp3) is 0.941. The fourth-order valence-corrected chi connectivity index (χ4v) is 2.51. The largest absolute Gasteiger partial charge is 0.479 e. The Labute approximate surface area is 124 Å². The third-order valence-corrected chi connectivity index (χ3v) is 3.99. The van der Waals surface area contributed by atoms with E-state index in [4.69, 9.17) is 5.11 Å². The van der Waals surface area contributed by atoms with Crippen LogP contribution < -0.4 is 0 Å². The van der Waals surface area contributed by atoms with E-state index in [1.54, 1.807) is 0 Å². The highest BCUT2D eigenvalue weighted by atomic mass is 19.1. The number of alkyl halides is 1. The predicted octanol–water partition coefficient (Wildman–Crippen LogP) is 5.89. The first-order valence-corrected chi connectivity index (χ1v) is 8.49. The van der Waals surface area contributed by atoms with Crippen LogP contribution in [0.25, 0.3) is 0 Å². The van der Waals surface area contributed by atoms with Gasteiger partial charge in [0.2, 0.25) is 5.67 Å². The highest BCUT2D eigenvalue weighted by molar-refractivity contribution is 5.77. The van der Waals surface area contributed by atoms with E-state index in [2.05, 4.69) is 6.92 Å². The quantitative estimate of drug-likeness (QED) is 0.405. The van der Waals surface area contributed by atoms with Crippen molar-refractivity contribution in [3.8, 4) is 0 Å². The molecule has 0 bridgehead atoms. The van der Waals surface area contributed by atoms with Crippen LogP contribution >= 0.6 is 0 Å². The molecule has 0 spiro atoms. The van der Waals surface area contributed by atoms with Crippen LogP contribution in [-0.4, -0.2) is 16.7 Å². The van der Waals surface area contributed by atoms with Gasteiger partial charge in [0, 0.05) is 0 Å². The Morgan fingerprint density at radius 2 is 1.20 bits per heavy atom. The number of aliphatic carboxylic acids is 1. The van der Waals surface area contributed by atoms with Crippen molar-refractivity contribution in [3.63, 3.8) is 0 Å². The third-order valence-electron chi connectivity index (χ3n) is 3.99. The third kappa shape index (κ3) is 9.33. The minimum atomic E-state index is -1.99. The van der Waals surface area contributed by atoms with Gasteiger partial charge >= 0.3 is 5.97 Å². The molecule has 0 fully saturated rings. The van der Waals surface area contributed by atoms with Gasteiger partial charge in [0.05, 0.1) is 0 Å². The van der Waals surface area contributed by atoms with E-state index in [1.807, 2.05) is 6.92 Å². The monoisotopic (exact) mass is 288 g/mol. The smallest absolute Gasteiger partial charge is 0.341 e. The Balaban J connectivity index is 3.61. The normalized spacial score (nSPS) is 14.2. The number of unbranched alkanes of at least 4 members (excludes halogenated alkanes) is 9. The summed E-state index contributed by atoms with van der Waals surface area (Å²) in [6, 6.07) is 0. The molecule has 120 valence electrons. The summed E-state index contributed by atoms with van der Waals surface area (Å²) in [6.07, 6.45) is 12.3. The van der Waals surface area contributed by atoms with Crippen molar-refractivity contribution < 1.29 is 14.3 Å². The molecular formula is C17H33FO2. The van der Waals surface area contributed by atoms with Gasteiger partial charge in [-0.1, -0.05) is 71.6 Å². The first kappa shape index (κ1) is 19.4. The van der Waals surface area contributed by atoms with Crippen molar-refractivity contribution >= 4 is 5.97 Å².